The Morgan fingerprint density at radius 1 is 1.50 bits per heavy atom. The molecule has 5 heteroatoms. The van der Waals surface area contributed by atoms with Crippen LogP contribution in [-0.4, -0.2) is 22.9 Å². The molecule has 1 aromatic carbocycles. The molecule has 0 aliphatic rings. The fourth-order valence-corrected chi connectivity index (χ4v) is 1.64. The SMILES string of the molecule is COC(=O)c1cccc(NCc2cnn(C)c2)c1. The number of carbonyl (C=O) groups is 1. The number of aryl methyl sites for hydroxylation is 1. The zero-order chi connectivity index (χ0) is 13.0. The Morgan fingerprint density at radius 3 is 3.00 bits per heavy atom. The predicted molar refractivity (Wildman–Crippen MR) is 68.3 cm³/mol. The zero-order valence-corrected chi connectivity index (χ0v) is 10.4. The number of nitrogens with one attached hydrogen (secondary N) is 1. The first-order valence-electron chi connectivity index (χ1n) is 5.59. The van der Waals surface area contributed by atoms with Crippen LogP contribution in [0.2, 0.25) is 0 Å². The molecule has 0 aliphatic heterocycles. The second-order valence-electron chi connectivity index (χ2n) is 3.95. The molecule has 5 nitrogen and oxygen atoms in total. The molecule has 0 atom stereocenters. The van der Waals surface area contributed by atoms with Gasteiger partial charge in [0, 0.05) is 31.0 Å². The molecule has 0 aliphatic carbocycles. The lowest BCUT2D eigenvalue weighted by atomic mass is 10.2. The van der Waals surface area contributed by atoms with Gasteiger partial charge in [0.25, 0.3) is 0 Å². The number of ether oxygens (including phenoxy) is 1. The fourth-order valence-electron chi connectivity index (χ4n) is 1.64. The van der Waals surface area contributed by atoms with Crippen LogP contribution in [0.5, 0.6) is 0 Å². The molecular formula is C13H15N3O2. The second kappa shape index (κ2) is 5.35. The summed E-state index contributed by atoms with van der Waals surface area (Å²) in [7, 11) is 3.25. The van der Waals surface area contributed by atoms with Crippen molar-refractivity contribution in [3.8, 4) is 0 Å². The molecule has 2 aromatic rings. The highest BCUT2D eigenvalue weighted by Gasteiger charge is 2.05. The lowest BCUT2D eigenvalue weighted by molar-refractivity contribution is 0.0601. The summed E-state index contributed by atoms with van der Waals surface area (Å²) in [4.78, 5) is 11.4. The number of methoxy groups -OCH3 is 1. The van der Waals surface area contributed by atoms with Crippen molar-refractivity contribution in [2.45, 2.75) is 6.54 Å². The standard InChI is InChI=1S/C13H15N3O2/c1-16-9-10(8-15-16)7-14-12-5-3-4-11(6-12)13(17)18-2/h3-6,8-9,14H,7H2,1-2H3. The molecule has 18 heavy (non-hydrogen) atoms. The van der Waals surface area contributed by atoms with Gasteiger partial charge in [0.05, 0.1) is 18.9 Å². The molecule has 0 bridgehead atoms. The van der Waals surface area contributed by atoms with Crippen LogP contribution in [0.15, 0.2) is 36.7 Å². The Bertz CT molecular complexity index is 549. The second-order valence-corrected chi connectivity index (χ2v) is 3.95. The van der Waals surface area contributed by atoms with Crippen molar-refractivity contribution in [1.82, 2.24) is 9.78 Å². The number of carbonyl (C=O) groups excluding carboxylic acids is 1. The van der Waals surface area contributed by atoms with Crippen molar-refractivity contribution in [3.63, 3.8) is 0 Å². The third kappa shape index (κ3) is 2.88. The first-order chi connectivity index (χ1) is 8.69. The van der Waals surface area contributed by atoms with Crippen LogP contribution >= 0.6 is 0 Å². The van der Waals surface area contributed by atoms with Gasteiger partial charge in [0.2, 0.25) is 0 Å². The molecule has 2 rings (SSSR count). The van der Waals surface area contributed by atoms with E-state index in [0.717, 1.165) is 11.3 Å². The van der Waals surface area contributed by atoms with Gasteiger partial charge in [-0.1, -0.05) is 6.07 Å². The first-order valence-corrected chi connectivity index (χ1v) is 5.59. The van der Waals surface area contributed by atoms with Crippen molar-refractivity contribution in [3.05, 3.63) is 47.8 Å². The van der Waals surface area contributed by atoms with Crippen LogP contribution in [0.1, 0.15) is 15.9 Å². The summed E-state index contributed by atoms with van der Waals surface area (Å²) in [5.41, 5.74) is 2.50. The predicted octanol–water partition coefficient (Wildman–Crippen LogP) is 1.82. The van der Waals surface area contributed by atoms with E-state index >= 15 is 0 Å². The van der Waals surface area contributed by atoms with Crippen LogP contribution in [0.4, 0.5) is 5.69 Å². The number of hydrogen-bond donors (Lipinski definition) is 1. The first kappa shape index (κ1) is 12.2. The summed E-state index contributed by atoms with van der Waals surface area (Å²) in [6.07, 6.45) is 3.74. The maximum absolute atomic E-state index is 11.4. The molecular weight excluding hydrogens is 230 g/mol. The maximum Gasteiger partial charge on any atom is 0.337 e. The van der Waals surface area contributed by atoms with Crippen LogP contribution < -0.4 is 5.32 Å². The lowest BCUT2D eigenvalue weighted by Crippen LogP contribution is -2.03. The fraction of sp³-hybridized carbons (Fsp3) is 0.231. The summed E-state index contributed by atoms with van der Waals surface area (Å²) in [6.45, 7) is 0.665. The average Bonchev–Trinajstić information content (AvgIpc) is 2.81. The number of benzene rings is 1. The van der Waals surface area contributed by atoms with Crippen molar-refractivity contribution >= 4 is 11.7 Å². The number of aromatic nitrogens is 2. The zero-order valence-electron chi connectivity index (χ0n) is 10.4. The highest BCUT2D eigenvalue weighted by Crippen LogP contribution is 2.12. The van der Waals surface area contributed by atoms with Gasteiger partial charge in [-0.05, 0) is 18.2 Å². The minimum absolute atomic E-state index is 0.333. The molecule has 0 fully saturated rings. The summed E-state index contributed by atoms with van der Waals surface area (Å²) >= 11 is 0. The molecule has 1 heterocycles. The van der Waals surface area contributed by atoms with Gasteiger partial charge < -0.3 is 10.1 Å². The van der Waals surface area contributed by atoms with E-state index in [1.807, 2.05) is 25.4 Å². The Labute approximate surface area is 105 Å². The summed E-state index contributed by atoms with van der Waals surface area (Å²) in [5.74, 6) is -0.333. The molecule has 0 saturated carbocycles. The third-order valence-electron chi connectivity index (χ3n) is 2.54. The largest absolute Gasteiger partial charge is 0.465 e. The number of hydrogen-bond acceptors (Lipinski definition) is 4. The molecule has 94 valence electrons. The quantitative estimate of drug-likeness (QED) is 0.835. The minimum Gasteiger partial charge on any atom is -0.465 e. The van der Waals surface area contributed by atoms with Gasteiger partial charge in [-0.3, -0.25) is 4.68 Å². The Balaban J connectivity index is 2.03. The van der Waals surface area contributed by atoms with Gasteiger partial charge in [-0.25, -0.2) is 4.79 Å². The van der Waals surface area contributed by atoms with Crippen molar-refractivity contribution in [1.29, 1.82) is 0 Å². The Kier molecular flexibility index (Phi) is 3.62. The van der Waals surface area contributed by atoms with E-state index in [9.17, 15) is 4.79 Å². The van der Waals surface area contributed by atoms with E-state index in [2.05, 4.69) is 15.2 Å². The van der Waals surface area contributed by atoms with Gasteiger partial charge in [-0.15, -0.1) is 0 Å². The molecule has 1 N–H and O–H groups in total. The molecule has 0 radical (unpaired) electrons. The smallest absolute Gasteiger partial charge is 0.337 e. The van der Waals surface area contributed by atoms with Crippen molar-refractivity contribution in [2.24, 2.45) is 7.05 Å². The summed E-state index contributed by atoms with van der Waals surface area (Å²) < 4.78 is 6.43. The van der Waals surface area contributed by atoms with Gasteiger partial charge in [0.1, 0.15) is 0 Å². The topological polar surface area (TPSA) is 56.1 Å². The van der Waals surface area contributed by atoms with Crippen molar-refractivity contribution in [2.75, 3.05) is 12.4 Å². The highest BCUT2D eigenvalue weighted by molar-refractivity contribution is 5.90. The molecule has 0 amide bonds. The lowest BCUT2D eigenvalue weighted by Gasteiger charge is -2.06. The van der Waals surface area contributed by atoms with E-state index in [1.54, 1.807) is 23.0 Å². The number of nitrogens with zero attached hydrogens (tertiary/aromatic N) is 2. The Morgan fingerprint density at radius 2 is 2.33 bits per heavy atom. The highest BCUT2D eigenvalue weighted by atomic mass is 16.5. The van der Waals surface area contributed by atoms with Crippen molar-refractivity contribution < 1.29 is 9.53 Å². The molecule has 0 saturated heterocycles. The van der Waals surface area contributed by atoms with Gasteiger partial charge in [0.15, 0.2) is 0 Å². The maximum atomic E-state index is 11.4. The third-order valence-corrected chi connectivity index (χ3v) is 2.54. The Hall–Kier alpha value is -2.30. The monoisotopic (exact) mass is 245 g/mol. The van der Waals surface area contributed by atoms with E-state index in [0.29, 0.717) is 12.1 Å². The summed E-state index contributed by atoms with van der Waals surface area (Å²) in [6, 6.07) is 7.21. The van der Waals surface area contributed by atoms with E-state index in [1.165, 1.54) is 7.11 Å². The van der Waals surface area contributed by atoms with Gasteiger partial charge >= 0.3 is 5.97 Å². The van der Waals surface area contributed by atoms with Crippen LogP contribution in [0.25, 0.3) is 0 Å². The molecule has 0 spiro atoms. The summed E-state index contributed by atoms with van der Waals surface area (Å²) in [5, 5.41) is 7.32. The van der Waals surface area contributed by atoms with Gasteiger partial charge in [-0.2, -0.15) is 5.10 Å². The number of rotatable bonds is 4. The number of esters is 1. The van der Waals surface area contributed by atoms with Crippen LogP contribution in [0.3, 0.4) is 0 Å². The number of anilines is 1. The van der Waals surface area contributed by atoms with Crippen LogP contribution in [0, 0.1) is 0 Å². The van der Waals surface area contributed by atoms with Crippen LogP contribution in [-0.2, 0) is 18.3 Å². The average molecular weight is 245 g/mol. The minimum atomic E-state index is -0.333. The van der Waals surface area contributed by atoms with E-state index < -0.39 is 0 Å². The molecule has 0 unspecified atom stereocenters. The normalized spacial score (nSPS) is 10.1. The molecule has 1 aromatic heterocycles. The van der Waals surface area contributed by atoms with E-state index in [4.69, 9.17) is 0 Å². The van der Waals surface area contributed by atoms with E-state index in [-0.39, 0.29) is 5.97 Å².